The van der Waals surface area contributed by atoms with E-state index in [0.29, 0.717) is 11.3 Å². The quantitative estimate of drug-likeness (QED) is 0.446. The van der Waals surface area contributed by atoms with Crippen molar-refractivity contribution in [1.29, 1.82) is 0 Å². The Morgan fingerprint density at radius 2 is 2.04 bits per heavy atom. The van der Waals surface area contributed by atoms with Crippen LogP contribution in [0.15, 0.2) is 30.6 Å². The molecule has 0 atom stereocenters. The minimum absolute atomic E-state index is 0.0316. The van der Waals surface area contributed by atoms with Gasteiger partial charge in [0.15, 0.2) is 0 Å². The van der Waals surface area contributed by atoms with Crippen LogP contribution in [0.2, 0.25) is 0 Å². The van der Waals surface area contributed by atoms with Crippen molar-refractivity contribution in [3.63, 3.8) is 0 Å². The van der Waals surface area contributed by atoms with E-state index in [1.165, 1.54) is 6.33 Å². The van der Waals surface area contributed by atoms with Crippen molar-refractivity contribution in [2.45, 2.75) is 26.8 Å². The molecule has 0 saturated heterocycles. The van der Waals surface area contributed by atoms with Gasteiger partial charge < -0.3 is 15.4 Å². The van der Waals surface area contributed by atoms with Crippen molar-refractivity contribution in [2.24, 2.45) is 0 Å². The Morgan fingerprint density at radius 1 is 1.32 bits per heavy atom. The van der Waals surface area contributed by atoms with Gasteiger partial charge in [-0.1, -0.05) is 6.07 Å². The molecule has 1 aromatic heterocycles. The van der Waals surface area contributed by atoms with E-state index >= 15 is 0 Å². The summed E-state index contributed by atoms with van der Waals surface area (Å²) in [5.74, 6) is -0.311. The average Bonchev–Trinajstić information content (AvgIpc) is 2.54. The summed E-state index contributed by atoms with van der Waals surface area (Å²) in [4.78, 5) is 30.6. The molecule has 132 valence electrons. The molecule has 2 N–H and O–H groups in total. The first-order valence-corrected chi connectivity index (χ1v) is 7.72. The Labute approximate surface area is 144 Å². The van der Waals surface area contributed by atoms with Crippen LogP contribution in [0.5, 0.6) is 0 Å². The van der Waals surface area contributed by atoms with Crippen LogP contribution in [-0.2, 0) is 4.74 Å². The van der Waals surface area contributed by atoms with Crippen LogP contribution in [0.4, 0.5) is 23.0 Å². The molecule has 0 saturated carbocycles. The van der Waals surface area contributed by atoms with Gasteiger partial charge >= 0.3 is 11.7 Å². The first kappa shape index (κ1) is 18.1. The third-order valence-electron chi connectivity index (χ3n) is 3.07. The summed E-state index contributed by atoms with van der Waals surface area (Å²) < 4.78 is 4.95. The molecular weight excluding hydrogens is 326 g/mol. The molecule has 0 radical (unpaired) electrons. The molecule has 2 aromatic rings. The highest BCUT2D eigenvalue weighted by molar-refractivity contribution is 5.91. The Bertz CT molecular complexity index is 779. The van der Waals surface area contributed by atoms with E-state index in [9.17, 15) is 14.9 Å². The van der Waals surface area contributed by atoms with Crippen LogP contribution in [0, 0.1) is 10.1 Å². The summed E-state index contributed by atoms with van der Waals surface area (Å²) in [6, 6.07) is 6.43. The van der Waals surface area contributed by atoms with Crippen molar-refractivity contribution in [1.82, 2.24) is 9.97 Å². The number of hydrogen-bond donors (Lipinski definition) is 2. The molecule has 0 aliphatic carbocycles. The van der Waals surface area contributed by atoms with Gasteiger partial charge in [-0.05, 0) is 39.0 Å². The van der Waals surface area contributed by atoms with Crippen molar-refractivity contribution in [3.8, 4) is 0 Å². The lowest BCUT2D eigenvalue weighted by Gasteiger charge is -2.12. The van der Waals surface area contributed by atoms with Gasteiger partial charge in [0.1, 0.15) is 6.33 Å². The minimum Gasteiger partial charge on any atom is -0.462 e. The molecule has 0 unspecified atom stereocenters. The standard InChI is InChI=1S/C16H19N5O4/c1-4-25-16(22)11-6-5-7-12(8-11)20-15-13(21(23)24)14(17-9-18-15)19-10(2)3/h5-10H,4H2,1-3H3,(H2,17,18,19,20). The number of hydrogen-bond acceptors (Lipinski definition) is 8. The zero-order valence-corrected chi connectivity index (χ0v) is 14.1. The fraction of sp³-hybridized carbons (Fsp3) is 0.312. The SMILES string of the molecule is CCOC(=O)c1cccc(Nc2ncnc(NC(C)C)c2[N+](=O)[O-])c1. The summed E-state index contributed by atoms with van der Waals surface area (Å²) in [5, 5.41) is 17.2. The van der Waals surface area contributed by atoms with Crippen molar-refractivity contribution < 1.29 is 14.5 Å². The van der Waals surface area contributed by atoms with Gasteiger partial charge in [-0.3, -0.25) is 10.1 Å². The molecular formula is C16H19N5O4. The van der Waals surface area contributed by atoms with Gasteiger partial charge in [-0.15, -0.1) is 0 Å². The third kappa shape index (κ3) is 4.63. The van der Waals surface area contributed by atoms with E-state index in [1.807, 2.05) is 13.8 Å². The van der Waals surface area contributed by atoms with Gasteiger partial charge in [-0.2, -0.15) is 0 Å². The summed E-state index contributed by atoms with van der Waals surface area (Å²) in [6.45, 7) is 5.68. The fourth-order valence-corrected chi connectivity index (χ4v) is 2.10. The molecule has 25 heavy (non-hydrogen) atoms. The molecule has 0 aliphatic rings. The largest absolute Gasteiger partial charge is 0.462 e. The number of nitrogens with zero attached hydrogens (tertiary/aromatic N) is 3. The monoisotopic (exact) mass is 345 g/mol. The second-order valence-corrected chi connectivity index (χ2v) is 5.40. The first-order chi connectivity index (χ1) is 11.9. The van der Waals surface area contributed by atoms with Crippen LogP contribution >= 0.6 is 0 Å². The molecule has 1 aromatic carbocycles. The zero-order valence-electron chi connectivity index (χ0n) is 14.1. The lowest BCUT2D eigenvalue weighted by atomic mass is 10.2. The Balaban J connectivity index is 2.35. The second kappa shape index (κ2) is 8.04. The molecule has 0 fully saturated rings. The zero-order chi connectivity index (χ0) is 18.4. The fourth-order valence-electron chi connectivity index (χ4n) is 2.10. The lowest BCUT2D eigenvalue weighted by molar-refractivity contribution is -0.383. The highest BCUT2D eigenvalue weighted by Gasteiger charge is 2.23. The number of carbonyl (C=O) groups excluding carboxylic acids is 1. The highest BCUT2D eigenvalue weighted by Crippen LogP contribution is 2.31. The Kier molecular flexibility index (Phi) is 5.83. The maximum absolute atomic E-state index is 11.8. The molecule has 9 nitrogen and oxygen atoms in total. The average molecular weight is 345 g/mol. The first-order valence-electron chi connectivity index (χ1n) is 7.72. The number of nitrogens with one attached hydrogen (secondary N) is 2. The van der Waals surface area contributed by atoms with Crippen LogP contribution < -0.4 is 10.6 Å². The van der Waals surface area contributed by atoms with E-state index in [2.05, 4.69) is 20.6 Å². The lowest BCUT2D eigenvalue weighted by Crippen LogP contribution is -2.14. The number of carbonyl (C=O) groups is 1. The minimum atomic E-state index is -0.553. The molecule has 9 heteroatoms. The smallest absolute Gasteiger partial charge is 0.353 e. The molecule has 0 bridgehead atoms. The Morgan fingerprint density at radius 3 is 2.68 bits per heavy atom. The number of rotatable bonds is 7. The summed E-state index contributed by atoms with van der Waals surface area (Å²) in [5.41, 5.74) is 0.546. The number of aromatic nitrogens is 2. The maximum atomic E-state index is 11.8. The van der Waals surface area contributed by atoms with E-state index in [1.54, 1.807) is 31.2 Å². The third-order valence-corrected chi connectivity index (χ3v) is 3.07. The Hall–Kier alpha value is -3.23. The van der Waals surface area contributed by atoms with Crippen LogP contribution in [0.1, 0.15) is 31.1 Å². The molecule has 0 amide bonds. The predicted octanol–water partition coefficient (Wildman–Crippen LogP) is 3.13. The summed E-state index contributed by atoms with van der Waals surface area (Å²) >= 11 is 0. The van der Waals surface area contributed by atoms with Gasteiger partial charge in [-0.25, -0.2) is 14.8 Å². The van der Waals surface area contributed by atoms with Crippen LogP contribution in [0.3, 0.4) is 0 Å². The van der Waals surface area contributed by atoms with Gasteiger partial charge in [0.05, 0.1) is 17.1 Å². The number of esters is 1. The van der Waals surface area contributed by atoms with Crippen LogP contribution in [0.25, 0.3) is 0 Å². The second-order valence-electron chi connectivity index (χ2n) is 5.40. The highest BCUT2D eigenvalue weighted by atomic mass is 16.6. The van der Waals surface area contributed by atoms with E-state index in [0.717, 1.165) is 0 Å². The molecule has 1 heterocycles. The number of ether oxygens (including phenoxy) is 1. The normalized spacial score (nSPS) is 10.4. The van der Waals surface area contributed by atoms with Crippen LogP contribution in [-0.4, -0.2) is 33.5 Å². The summed E-state index contributed by atoms with van der Waals surface area (Å²) in [7, 11) is 0. The maximum Gasteiger partial charge on any atom is 0.353 e. The van der Waals surface area contributed by atoms with Crippen molar-refractivity contribution in [3.05, 3.63) is 46.3 Å². The number of benzene rings is 1. The van der Waals surface area contributed by atoms with Gasteiger partial charge in [0, 0.05) is 11.7 Å². The van der Waals surface area contributed by atoms with Crippen molar-refractivity contribution >= 4 is 29.0 Å². The molecule has 0 aliphatic heterocycles. The van der Waals surface area contributed by atoms with Gasteiger partial charge in [0.2, 0.25) is 11.6 Å². The topological polar surface area (TPSA) is 119 Å². The predicted molar refractivity (Wildman–Crippen MR) is 93.1 cm³/mol. The van der Waals surface area contributed by atoms with Gasteiger partial charge in [0.25, 0.3) is 0 Å². The number of anilines is 3. The molecule has 0 spiro atoms. The van der Waals surface area contributed by atoms with E-state index in [4.69, 9.17) is 4.74 Å². The number of nitro groups is 1. The van der Waals surface area contributed by atoms with E-state index in [-0.39, 0.29) is 30.0 Å². The van der Waals surface area contributed by atoms with Crippen molar-refractivity contribution in [2.75, 3.05) is 17.2 Å². The molecule has 2 rings (SSSR count). The van der Waals surface area contributed by atoms with E-state index < -0.39 is 10.9 Å². The summed E-state index contributed by atoms with van der Waals surface area (Å²) in [6.07, 6.45) is 1.23.